The van der Waals surface area contributed by atoms with Crippen LogP contribution >= 0.6 is 0 Å². The van der Waals surface area contributed by atoms with Gasteiger partial charge < -0.3 is 14.4 Å². The number of hydrogen-bond acceptors (Lipinski definition) is 5. The third-order valence-electron chi connectivity index (χ3n) is 6.14. The average molecular weight is 408 g/mol. The molecule has 4 rings (SSSR count). The monoisotopic (exact) mass is 408 g/mol. The molecule has 1 amide bonds. The zero-order chi connectivity index (χ0) is 21.1. The smallest absolute Gasteiger partial charge is 0.415 e. The van der Waals surface area contributed by atoms with Crippen LogP contribution in [0, 0.1) is 0 Å². The normalized spacial score (nSPS) is 22.7. The second-order valence-electron chi connectivity index (χ2n) is 7.87. The Hall–Kier alpha value is -2.86. The molecule has 1 fully saturated rings. The van der Waals surface area contributed by atoms with E-state index in [0.29, 0.717) is 31.9 Å². The lowest BCUT2D eigenvalue weighted by molar-refractivity contribution is -0.153. The molecule has 0 N–H and O–H groups in total. The van der Waals surface area contributed by atoms with E-state index >= 15 is 0 Å². The van der Waals surface area contributed by atoms with Crippen molar-refractivity contribution >= 4 is 12.1 Å². The second kappa shape index (κ2) is 8.88. The summed E-state index contributed by atoms with van der Waals surface area (Å²) in [5, 5.41) is 0. The first-order valence-corrected chi connectivity index (χ1v) is 10.6. The molecule has 158 valence electrons. The molecule has 0 spiro atoms. The molecule has 3 atom stereocenters. The van der Waals surface area contributed by atoms with E-state index in [2.05, 4.69) is 24.0 Å². The molecular formula is C24H28N2O4. The average Bonchev–Trinajstić information content (AvgIpc) is 2.78. The molecule has 2 heterocycles. The molecule has 1 saturated heterocycles. The van der Waals surface area contributed by atoms with E-state index in [0.717, 1.165) is 17.5 Å². The third-order valence-corrected chi connectivity index (χ3v) is 6.14. The SMILES string of the molecule is CCOC(=O)[C@@H]1CC(N2Cc3ccccc3OC2=O)CCN1[C@H](C)c1ccccc1. The van der Waals surface area contributed by atoms with Crippen molar-refractivity contribution in [3.8, 4) is 5.75 Å². The van der Waals surface area contributed by atoms with Gasteiger partial charge in [-0.1, -0.05) is 48.5 Å². The molecule has 0 bridgehead atoms. The van der Waals surface area contributed by atoms with Crippen LogP contribution in [0.25, 0.3) is 0 Å². The van der Waals surface area contributed by atoms with Crippen LogP contribution in [0.4, 0.5) is 4.79 Å². The number of likely N-dealkylation sites (tertiary alicyclic amines) is 1. The molecule has 6 heteroatoms. The molecule has 2 aromatic carbocycles. The predicted molar refractivity (Wildman–Crippen MR) is 113 cm³/mol. The van der Waals surface area contributed by atoms with Crippen LogP contribution in [0.3, 0.4) is 0 Å². The van der Waals surface area contributed by atoms with Crippen molar-refractivity contribution in [3.63, 3.8) is 0 Å². The molecule has 2 aromatic rings. The highest BCUT2D eigenvalue weighted by Gasteiger charge is 2.41. The second-order valence-corrected chi connectivity index (χ2v) is 7.87. The number of esters is 1. The van der Waals surface area contributed by atoms with Gasteiger partial charge in [0.15, 0.2) is 0 Å². The molecule has 1 unspecified atom stereocenters. The number of carbonyl (C=O) groups is 2. The summed E-state index contributed by atoms with van der Waals surface area (Å²) in [6.45, 7) is 5.49. The van der Waals surface area contributed by atoms with Gasteiger partial charge in [-0.2, -0.15) is 0 Å². The molecule has 2 aliphatic heterocycles. The van der Waals surface area contributed by atoms with Gasteiger partial charge in [-0.25, -0.2) is 4.79 Å². The van der Waals surface area contributed by atoms with Gasteiger partial charge in [0.2, 0.25) is 0 Å². The first kappa shape index (κ1) is 20.4. The summed E-state index contributed by atoms with van der Waals surface area (Å²) in [5.74, 6) is 0.395. The van der Waals surface area contributed by atoms with E-state index in [-0.39, 0.29) is 24.1 Å². The van der Waals surface area contributed by atoms with Crippen molar-refractivity contribution in [1.29, 1.82) is 0 Å². The van der Waals surface area contributed by atoms with E-state index in [1.807, 2.05) is 49.4 Å². The van der Waals surface area contributed by atoms with Crippen LogP contribution in [-0.4, -0.2) is 47.1 Å². The maximum Gasteiger partial charge on any atom is 0.415 e. The molecule has 2 aliphatic rings. The highest BCUT2D eigenvalue weighted by molar-refractivity contribution is 5.77. The van der Waals surface area contributed by atoms with Crippen molar-refractivity contribution in [2.75, 3.05) is 13.2 Å². The molecule has 0 radical (unpaired) electrons. The molecule has 30 heavy (non-hydrogen) atoms. The summed E-state index contributed by atoms with van der Waals surface area (Å²) < 4.78 is 10.9. The van der Waals surface area contributed by atoms with Crippen LogP contribution in [0.5, 0.6) is 5.75 Å². The molecule has 0 saturated carbocycles. The number of hydrogen-bond donors (Lipinski definition) is 0. The zero-order valence-electron chi connectivity index (χ0n) is 17.5. The van der Waals surface area contributed by atoms with Gasteiger partial charge in [-0.15, -0.1) is 0 Å². The van der Waals surface area contributed by atoms with Crippen LogP contribution < -0.4 is 4.74 Å². The van der Waals surface area contributed by atoms with Crippen molar-refractivity contribution in [2.45, 2.75) is 51.4 Å². The Labute approximate surface area is 177 Å². The maximum absolute atomic E-state index is 12.9. The highest BCUT2D eigenvalue weighted by atomic mass is 16.6. The first-order chi connectivity index (χ1) is 14.6. The lowest BCUT2D eigenvalue weighted by Gasteiger charge is -2.45. The number of benzene rings is 2. The van der Waals surface area contributed by atoms with Gasteiger partial charge in [0.25, 0.3) is 0 Å². The van der Waals surface area contributed by atoms with E-state index in [1.54, 1.807) is 4.90 Å². The minimum Gasteiger partial charge on any atom is -0.465 e. The standard InChI is InChI=1S/C24H28N2O4/c1-3-29-23(27)21-15-20(13-14-25(21)17(2)18-9-5-4-6-10-18)26-16-19-11-7-8-12-22(19)30-24(26)28/h4-12,17,20-21H,3,13-16H2,1-2H3/t17-,20?,21+/m1/s1. The maximum atomic E-state index is 12.9. The Morgan fingerprint density at radius 3 is 2.67 bits per heavy atom. The Bertz CT molecular complexity index is 901. The van der Waals surface area contributed by atoms with Crippen molar-refractivity contribution in [1.82, 2.24) is 9.80 Å². The van der Waals surface area contributed by atoms with Crippen LogP contribution in [0.2, 0.25) is 0 Å². The Morgan fingerprint density at radius 2 is 1.90 bits per heavy atom. The minimum absolute atomic E-state index is 0.0699. The van der Waals surface area contributed by atoms with Gasteiger partial charge in [0.05, 0.1) is 13.2 Å². The molecule has 0 aliphatic carbocycles. The highest BCUT2D eigenvalue weighted by Crippen LogP contribution is 2.34. The number of nitrogens with zero attached hydrogens (tertiary/aromatic N) is 2. The predicted octanol–water partition coefficient (Wildman–Crippen LogP) is 4.16. The van der Waals surface area contributed by atoms with Gasteiger partial charge >= 0.3 is 12.1 Å². The lowest BCUT2D eigenvalue weighted by atomic mass is 9.92. The lowest BCUT2D eigenvalue weighted by Crippen LogP contribution is -2.55. The number of piperidine rings is 1. The largest absolute Gasteiger partial charge is 0.465 e. The number of ether oxygens (including phenoxy) is 2. The minimum atomic E-state index is -0.399. The number of amides is 1. The molecular weight excluding hydrogens is 380 g/mol. The summed E-state index contributed by atoms with van der Waals surface area (Å²) in [7, 11) is 0. The number of fused-ring (bicyclic) bond motifs is 1. The number of carbonyl (C=O) groups excluding carboxylic acids is 2. The van der Waals surface area contributed by atoms with Crippen LogP contribution in [-0.2, 0) is 16.1 Å². The number of rotatable bonds is 5. The molecule has 6 nitrogen and oxygen atoms in total. The van der Waals surface area contributed by atoms with E-state index in [9.17, 15) is 9.59 Å². The van der Waals surface area contributed by atoms with Gasteiger partial charge in [-0.3, -0.25) is 9.69 Å². The topological polar surface area (TPSA) is 59.1 Å². The summed E-state index contributed by atoms with van der Waals surface area (Å²) in [5.41, 5.74) is 2.15. The first-order valence-electron chi connectivity index (χ1n) is 10.6. The Morgan fingerprint density at radius 1 is 1.17 bits per heavy atom. The van der Waals surface area contributed by atoms with Crippen molar-refractivity contribution in [2.24, 2.45) is 0 Å². The summed E-state index contributed by atoms with van der Waals surface area (Å²) in [4.78, 5) is 29.5. The van der Waals surface area contributed by atoms with Crippen LogP contribution in [0.1, 0.15) is 43.9 Å². The van der Waals surface area contributed by atoms with E-state index in [4.69, 9.17) is 9.47 Å². The third kappa shape index (κ3) is 4.05. The fourth-order valence-corrected chi connectivity index (χ4v) is 4.52. The fourth-order valence-electron chi connectivity index (χ4n) is 4.52. The zero-order valence-corrected chi connectivity index (χ0v) is 17.5. The quantitative estimate of drug-likeness (QED) is 0.696. The van der Waals surface area contributed by atoms with Crippen molar-refractivity contribution < 1.29 is 19.1 Å². The van der Waals surface area contributed by atoms with Gasteiger partial charge in [0.1, 0.15) is 11.8 Å². The Balaban J connectivity index is 1.55. The molecule has 0 aromatic heterocycles. The summed E-state index contributed by atoms with van der Waals surface area (Å²) in [6.07, 6.45) is 0.975. The van der Waals surface area contributed by atoms with Gasteiger partial charge in [-0.05, 0) is 38.3 Å². The fraction of sp³-hybridized carbons (Fsp3) is 0.417. The van der Waals surface area contributed by atoms with Crippen molar-refractivity contribution in [3.05, 3.63) is 65.7 Å². The van der Waals surface area contributed by atoms with E-state index in [1.165, 1.54) is 0 Å². The summed E-state index contributed by atoms with van der Waals surface area (Å²) in [6, 6.07) is 17.4. The Kier molecular flexibility index (Phi) is 6.04. The van der Waals surface area contributed by atoms with E-state index < -0.39 is 6.04 Å². The van der Waals surface area contributed by atoms with Gasteiger partial charge in [0, 0.05) is 24.2 Å². The summed E-state index contributed by atoms with van der Waals surface area (Å²) >= 11 is 0. The van der Waals surface area contributed by atoms with Crippen LogP contribution in [0.15, 0.2) is 54.6 Å². The number of para-hydroxylation sites is 1.